The highest BCUT2D eigenvalue weighted by Gasteiger charge is 2.01. The van der Waals surface area contributed by atoms with E-state index in [1.165, 1.54) is 5.69 Å². The Kier molecular flexibility index (Phi) is 7.47. The molecule has 2 N–H and O–H groups in total. The molecule has 2 aromatic rings. The molecule has 0 unspecified atom stereocenters. The molecular weight excluding hydrogens is 380 g/mol. The lowest BCUT2D eigenvalue weighted by molar-refractivity contribution is -0.119. The maximum absolute atomic E-state index is 11.8. The molecule has 6 heteroatoms. The zero-order valence-corrected chi connectivity index (χ0v) is 16.1. The quantitative estimate of drug-likeness (QED) is 0.520. The fourth-order valence-corrected chi connectivity index (χ4v) is 2.59. The molecule has 0 saturated carbocycles. The molecule has 0 aliphatic heterocycles. The van der Waals surface area contributed by atoms with Crippen molar-refractivity contribution in [3.05, 3.63) is 58.6 Å². The Morgan fingerprint density at radius 3 is 2.32 bits per heavy atom. The molecule has 0 spiro atoms. The van der Waals surface area contributed by atoms with Crippen LogP contribution in [0.4, 0.5) is 11.4 Å². The summed E-state index contributed by atoms with van der Waals surface area (Å²) in [6, 6.07) is 15.7. The summed E-state index contributed by atoms with van der Waals surface area (Å²) in [6.07, 6.45) is 1.64. The van der Waals surface area contributed by atoms with Crippen LogP contribution in [0.15, 0.2) is 58.1 Å². The summed E-state index contributed by atoms with van der Waals surface area (Å²) in [4.78, 5) is 14.1. The van der Waals surface area contributed by atoms with Gasteiger partial charge in [-0.05, 0) is 55.8 Å². The lowest BCUT2D eigenvalue weighted by atomic mass is 10.2. The summed E-state index contributed by atoms with van der Waals surface area (Å²) in [5, 5.41) is 7.04. The number of carbonyl (C=O) groups is 1. The minimum absolute atomic E-state index is 0.167. The van der Waals surface area contributed by atoms with E-state index in [0.717, 1.165) is 28.8 Å². The molecule has 0 bridgehead atoms. The second-order valence-electron chi connectivity index (χ2n) is 5.42. The Bertz CT molecular complexity index is 694. The minimum Gasteiger partial charge on any atom is -0.376 e. The van der Waals surface area contributed by atoms with Crippen LogP contribution in [0.3, 0.4) is 0 Å². The highest BCUT2D eigenvalue weighted by Crippen LogP contribution is 2.14. The highest BCUT2D eigenvalue weighted by atomic mass is 79.9. The molecule has 2 rings (SSSR count). The van der Waals surface area contributed by atoms with Gasteiger partial charge in [0.05, 0.1) is 12.8 Å². The summed E-state index contributed by atoms with van der Waals surface area (Å²) in [5.74, 6) is -0.195. The van der Waals surface area contributed by atoms with E-state index in [2.05, 4.69) is 62.7 Å². The Labute approximate surface area is 157 Å². The standard InChI is InChI=1S/C19H23BrN4O/c1-3-24(4-2)18-11-5-15(6-12-18)13-22-23-19(25)14-21-17-9-7-16(20)8-10-17/h5-13,21H,3-4,14H2,1-2H3,(H,23,25). The van der Waals surface area contributed by atoms with Crippen molar-refractivity contribution in [2.75, 3.05) is 29.9 Å². The topological polar surface area (TPSA) is 56.7 Å². The Morgan fingerprint density at radius 1 is 1.08 bits per heavy atom. The van der Waals surface area contributed by atoms with Crippen LogP contribution in [0.1, 0.15) is 19.4 Å². The molecule has 2 aromatic carbocycles. The Morgan fingerprint density at radius 2 is 1.72 bits per heavy atom. The third-order valence-corrected chi connectivity index (χ3v) is 4.25. The monoisotopic (exact) mass is 402 g/mol. The van der Waals surface area contributed by atoms with E-state index in [9.17, 15) is 4.79 Å². The van der Waals surface area contributed by atoms with Crippen molar-refractivity contribution in [3.63, 3.8) is 0 Å². The average molecular weight is 403 g/mol. The fraction of sp³-hybridized carbons (Fsp3) is 0.263. The van der Waals surface area contributed by atoms with Gasteiger partial charge in [0.2, 0.25) is 0 Å². The molecule has 0 fully saturated rings. The normalized spacial score (nSPS) is 10.7. The molecule has 132 valence electrons. The number of nitrogens with zero attached hydrogens (tertiary/aromatic N) is 2. The van der Waals surface area contributed by atoms with Gasteiger partial charge in [-0.15, -0.1) is 0 Å². The summed E-state index contributed by atoms with van der Waals surface area (Å²) < 4.78 is 0.999. The first kappa shape index (κ1) is 19.0. The largest absolute Gasteiger partial charge is 0.376 e. The molecule has 1 amide bonds. The lowest BCUT2D eigenvalue weighted by Crippen LogP contribution is -2.25. The number of rotatable bonds is 8. The molecule has 0 aliphatic rings. The van der Waals surface area contributed by atoms with Crippen LogP contribution in [-0.4, -0.2) is 31.8 Å². The minimum atomic E-state index is -0.195. The second kappa shape index (κ2) is 9.84. The van der Waals surface area contributed by atoms with E-state index in [4.69, 9.17) is 0 Å². The molecule has 0 radical (unpaired) electrons. The van der Waals surface area contributed by atoms with Gasteiger partial charge >= 0.3 is 0 Å². The zero-order chi connectivity index (χ0) is 18.1. The number of hydrogen-bond acceptors (Lipinski definition) is 4. The van der Waals surface area contributed by atoms with Gasteiger partial charge < -0.3 is 10.2 Å². The van der Waals surface area contributed by atoms with E-state index >= 15 is 0 Å². The summed E-state index contributed by atoms with van der Waals surface area (Å²) in [7, 11) is 0. The fourth-order valence-electron chi connectivity index (χ4n) is 2.33. The first-order chi connectivity index (χ1) is 12.1. The predicted octanol–water partition coefficient (Wildman–Crippen LogP) is 3.86. The van der Waals surface area contributed by atoms with Gasteiger partial charge in [-0.2, -0.15) is 5.10 Å². The van der Waals surface area contributed by atoms with Crippen LogP contribution in [0.25, 0.3) is 0 Å². The van der Waals surface area contributed by atoms with Crippen LogP contribution in [0, 0.1) is 0 Å². The predicted molar refractivity (Wildman–Crippen MR) is 108 cm³/mol. The lowest BCUT2D eigenvalue weighted by Gasteiger charge is -2.20. The van der Waals surface area contributed by atoms with Crippen LogP contribution >= 0.6 is 15.9 Å². The first-order valence-electron chi connectivity index (χ1n) is 8.28. The molecule has 25 heavy (non-hydrogen) atoms. The van der Waals surface area contributed by atoms with Crippen molar-refractivity contribution in [3.8, 4) is 0 Å². The summed E-state index contributed by atoms with van der Waals surface area (Å²) in [6.45, 7) is 6.39. The molecule has 5 nitrogen and oxygen atoms in total. The number of hydrazone groups is 1. The maximum atomic E-state index is 11.8. The first-order valence-corrected chi connectivity index (χ1v) is 9.08. The van der Waals surface area contributed by atoms with Crippen molar-refractivity contribution >= 4 is 39.4 Å². The van der Waals surface area contributed by atoms with Crippen molar-refractivity contribution < 1.29 is 4.79 Å². The number of amides is 1. The van der Waals surface area contributed by atoms with E-state index in [-0.39, 0.29) is 12.5 Å². The van der Waals surface area contributed by atoms with E-state index in [1.807, 2.05) is 36.4 Å². The Balaban J connectivity index is 1.79. The zero-order valence-electron chi connectivity index (χ0n) is 14.5. The number of benzene rings is 2. The number of anilines is 2. The van der Waals surface area contributed by atoms with Crippen molar-refractivity contribution in [2.45, 2.75) is 13.8 Å². The third kappa shape index (κ3) is 6.23. The maximum Gasteiger partial charge on any atom is 0.259 e. The van der Waals surface area contributed by atoms with Crippen LogP contribution in [0.2, 0.25) is 0 Å². The van der Waals surface area contributed by atoms with Crippen LogP contribution in [-0.2, 0) is 4.79 Å². The van der Waals surface area contributed by atoms with Crippen molar-refractivity contribution in [2.24, 2.45) is 5.10 Å². The number of carbonyl (C=O) groups excluding carboxylic acids is 1. The second-order valence-corrected chi connectivity index (χ2v) is 6.33. The third-order valence-electron chi connectivity index (χ3n) is 3.72. The molecule has 0 atom stereocenters. The number of hydrogen-bond donors (Lipinski definition) is 2. The Hall–Kier alpha value is -2.34. The van der Waals surface area contributed by atoms with Gasteiger partial charge in [-0.25, -0.2) is 5.43 Å². The van der Waals surface area contributed by atoms with Gasteiger partial charge in [-0.1, -0.05) is 28.1 Å². The number of halogens is 1. The van der Waals surface area contributed by atoms with Gasteiger partial charge in [-0.3, -0.25) is 4.79 Å². The van der Waals surface area contributed by atoms with Gasteiger partial charge in [0.1, 0.15) is 0 Å². The van der Waals surface area contributed by atoms with Crippen molar-refractivity contribution in [1.29, 1.82) is 0 Å². The highest BCUT2D eigenvalue weighted by molar-refractivity contribution is 9.10. The van der Waals surface area contributed by atoms with E-state index in [0.29, 0.717) is 0 Å². The summed E-state index contributed by atoms with van der Waals surface area (Å²) >= 11 is 3.37. The molecule has 0 aliphatic carbocycles. The van der Waals surface area contributed by atoms with Crippen LogP contribution < -0.4 is 15.6 Å². The SMILES string of the molecule is CCN(CC)c1ccc(C=NNC(=O)CNc2ccc(Br)cc2)cc1. The number of nitrogens with one attached hydrogen (secondary N) is 2. The van der Waals surface area contributed by atoms with E-state index < -0.39 is 0 Å². The molecule has 0 saturated heterocycles. The van der Waals surface area contributed by atoms with E-state index in [1.54, 1.807) is 6.21 Å². The molecular formula is C19H23BrN4O. The smallest absolute Gasteiger partial charge is 0.259 e. The average Bonchev–Trinajstić information content (AvgIpc) is 2.63. The molecule has 0 heterocycles. The molecule has 0 aromatic heterocycles. The van der Waals surface area contributed by atoms with Gasteiger partial charge in [0.25, 0.3) is 5.91 Å². The van der Waals surface area contributed by atoms with Crippen molar-refractivity contribution in [1.82, 2.24) is 5.43 Å². The van der Waals surface area contributed by atoms with Gasteiger partial charge in [0.15, 0.2) is 0 Å². The summed E-state index contributed by atoms with van der Waals surface area (Å²) in [5.41, 5.74) is 5.53. The van der Waals surface area contributed by atoms with Gasteiger partial charge in [0, 0.05) is 28.9 Å². The van der Waals surface area contributed by atoms with Crippen LogP contribution in [0.5, 0.6) is 0 Å².